The van der Waals surface area contributed by atoms with E-state index in [2.05, 4.69) is 20.3 Å². The lowest BCUT2D eigenvalue weighted by molar-refractivity contribution is -0.0126. The molecule has 14 heteroatoms. The van der Waals surface area contributed by atoms with Crippen LogP contribution in [0.2, 0.25) is 0 Å². The van der Waals surface area contributed by atoms with Gasteiger partial charge in [0.2, 0.25) is 5.95 Å². The Balaban J connectivity index is 1.67. The second-order valence-corrected chi connectivity index (χ2v) is 9.12. The highest BCUT2D eigenvalue weighted by molar-refractivity contribution is 5.89. The smallest absolute Gasteiger partial charge is 0.338 e. The Morgan fingerprint density at radius 2 is 1.45 bits per heavy atom. The number of phenolic OH excluding ortho intramolecular Hbond substituents is 2. The SMILES string of the molecule is CCOC(=O)c1ccc(Nc2nc(-c3ccc(OCCOCO)cc3O)nc(-c3ccc(OCC(O)CO)cc3O)n2)cc1. The first-order valence-corrected chi connectivity index (χ1v) is 13.5. The summed E-state index contributed by atoms with van der Waals surface area (Å²) in [6.45, 7) is 1.18. The molecule has 232 valence electrons. The zero-order chi connectivity index (χ0) is 31.5. The Bertz CT molecular complexity index is 1550. The molecule has 0 radical (unpaired) electrons. The second kappa shape index (κ2) is 15.5. The number of phenols is 2. The molecule has 0 spiro atoms. The van der Waals surface area contributed by atoms with Gasteiger partial charge in [0.15, 0.2) is 11.6 Å². The van der Waals surface area contributed by atoms with Crippen molar-refractivity contribution in [2.75, 3.05) is 45.1 Å². The molecule has 4 aromatic rings. The molecule has 0 aliphatic rings. The number of anilines is 2. The average molecular weight is 609 g/mol. The lowest BCUT2D eigenvalue weighted by Gasteiger charge is -2.13. The van der Waals surface area contributed by atoms with Gasteiger partial charge >= 0.3 is 5.97 Å². The fraction of sp³-hybridized carbons (Fsp3) is 0.267. The number of carbonyl (C=O) groups is 1. The number of aromatic hydroxyl groups is 2. The number of hydrogen-bond donors (Lipinski definition) is 6. The van der Waals surface area contributed by atoms with Gasteiger partial charge in [0.05, 0.1) is 36.5 Å². The van der Waals surface area contributed by atoms with Crippen LogP contribution in [0.25, 0.3) is 22.8 Å². The summed E-state index contributed by atoms with van der Waals surface area (Å²) in [6, 6.07) is 15.3. The number of rotatable bonds is 15. The normalized spacial score (nSPS) is 11.5. The molecule has 0 amide bonds. The highest BCUT2D eigenvalue weighted by Crippen LogP contribution is 2.35. The van der Waals surface area contributed by atoms with Gasteiger partial charge in [0.1, 0.15) is 49.1 Å². The van der Waals surface area contributed by atoms with Gasteiger partial charge in [-0.1, -0.05) is 0 Å². The number of nitrogens with one attached hydrogen (secondary N) is 1. The first-order chi connectivity index (χ1) is 21.3. The van der Waals surface area contributed by atoms with Crippen LogP contribution >= 0.6 is 0 Å². The number of benzene rings is 3. The molecule has 0 fully saturated rings. The van der Waals surface area contributed by atoms with Crippen LogP contribution in [0.15, 0.2) is 60.7 Å². The Morgan fingerprint density at radius 3 is 2.00 bits per heavy atom. The van der Waals surface area contributed by atoms with E-state index in [1.807, 2.05) is 0 Å². The summed E-state index contributed by atoms with van der Waals surface area (Å²) in [7, 11) is 0. The van der Waals surface area contributed by atoms with E-state index >= 15 is 0 Å². The quantitative estimate of drug-likeness (QED) is 0.0652. The van der Waals surface area contributed by atoms with Crippen molar-refractivity contribution in [2.45, 2.75) is 13.0 Å². The van der Waals surface area contributed by atoms with Gasteiger partial charge < -0.3 is 49.8 Å². The van der Waals surface area contributed by atoms with Gasteiger partial charge in [0, 0.05) is 17.8 Å². The van der Waals surface area contributed by atoms with E-state index in [0.29, 0.717) is 17.0 Å². The minimum atomic E-state index is -1.08. The molecule has 3 aromatic carbocycles. The minimum absolute atomic E-state index is 0.0564. The van der Waals surface area contributed by atoms with Gasteiger partial charge in [-0.3, -0.25) is 0 Å². The molecule has 1 heterocycles. The van der Waals surface area contributed by atoms with Crippen LogP contribution in [0.1, 0.15) is 17.3 Å². The topological polar surface area (TPSA) is 206 Å². The summed E-state index contributed by atoms with van der Waals surface area (Å²) in [5.41, 5.74) is 1.36. The largest absolute Gasteiger partial charge is 0.507 e. The Kier molecular flexibility index (Phi) is 11.2. The fourth-order valence-corrected chi connectivity index (χ4v) is 3.81. The number of hydrogen-bond acceptors (Lipinski definition) is 14. The van der Waals surface area contributed by atoms with E-state index in [1.165, 1.54) is 24.3 Å². The molecule has 0 aliphatic carbocycles. The molecule has 4 rings (SSSR count). The maximum atomic E-state index is 12.0. The van der Waals surface area contributed by atoms with Crippen molar-refractivity contribution < 1.29 is 49.3 Å². The van der Waals surface area contributed by atoms with Gasteiger partial charge in [0.25, 0.3) is 0 Å². The Hall–Kier alpha value is -5.02. The van der Waals surface area contributed by atoms with Crippen molar-refractivity contribution in [2.24, 2.45) is 0 Å². The van der Waals surface area contributed by atoms with Crippen LogP contribution in [-0.4, -0.2) is 92.4 Å². The highest BCUT2D eigenvalue weighted by Gasteiger charge is 2.18. The first kappa shape index (κ1) is 31.9. The van der Waals surface area contributed by atoms with Crippen molar-refractivity contribution >= 4 is 17.6 Å². The second-order valence-electron chi connectivity index (χ2n) is 9.12. The number of carbonyl (C=O) groups excluding carboxylic acids is 1. The number of ether oxygens (including phenoxy) is 4. The van der Waals surface area contributed by atoms with Crippen molar-refractivity contribution in [3.63, 3.8) is 0 Å². The molecule has 0 saturated carbocycles. The monoisotopic (exact) mass is 608 g/mol. The summed E-state index contributed by atoms with van der Waals surface area (Å²) in [5, 5.41) is 51.9. The average Bonchev–Trinajstić information content (AvgIpc) is 3.02. The van der Waals surface area contributed by atoms with E-state index in [4.69, 9.17) is 29.2 Å². The van der Waals surface area contributed by atoms with Gasteiger partial charge in [-0.15, -0.1) is 0 Å². The molecule has 0 bridgehead atoms. The van der Waals surface area contributed by atoms with Crippen molar-refractivity contribution in [1.82, 2.24) is 15.0 Å². The van der Waals surface area contributed by atoms with Crippen molar-refractivity contribution in [3.05, 3.63) is 66.2 Å². The van der Waals surface area contributed by atoms with Crippen LogP contribution in [-0.2, 0) is 9.47 Å². The standard InChI is InChI=1S/C30H32N4O10/c1-2-42-29(40)18-3-5-19(6-4-18)31-30-33-27(23-9-7-21(13-25(23)38)43-12-11-41-17-36)32-28(34-30)24-10-8-22(14-26(24)39)44-16-20(37)15-35/h3-10,13-14,20,35-39H,2,11-12,15-17H2,1H3,(H,31,32,33,34). The maximum absolute atomic E-state index is 12.0. The maximum Gasteiger partial charge on any atom is 0.338 e. The molecule has 0 aliphatic heterocycles. The first-order valence-electron chi connectivity index (χ1n) is 13.5. The van der Waals surface area contributed by atoms with Gasteiger partial charge in [-0.25, -0.2) is 9.78 Å². The third kappa shape index (κ3) is 8.52. The predicted octanol–water partition coefficient (Wildman–Crippen LogP) is 2.61. The summed E-state index contributed by atoms with van der Waals surface area (Å²) in [4.78, 5) is 25.4. The van der Waals surface area contributed by atoms with E-state index in [-0.39, 0.29) is 72.4 Å². The van der Waals surface area contributed by atoms with E-state index in [0.717, 1.165) is 0 Å². The number of aliphatic hydroxyl groups excluding tert-OH is 3. The third-order valence-electron chi connectivity index (χ3n) is 5.95. The molecule has 6 N–H and O–H groups in total. The lowest BCUT2D eigenvalue weighted by Crippen LogP contribution is -2.21. The summed E-state index contributed by atoms with van der Waals surface area (Å²) in [5.74, 6) is -0.0989. The Labute approximate surface area is 252 Å². The predicted molar refractivity (Wildman–Crippen MR) is 157 cm³/mol. The molecule has 44 heavy (non-hydrogen) atoms. The minimum Gasteiger partial charge on any atom is -0.507 e. The van der Waals surface area contributed by atoms with Gasteiger partial charge in [-0.05, 0) is 55.5 Å². The van der Waals surface area contributed by atoms with E-state index in [1.54, 1.807) is 43.3 Å². The van der Waals surface area contributed by atoms with Crippen LogP contribution in [0.5, 0.6) is 23.0 Å². The lowest BCUT2D eigenvalue weighted by atomic mass is 10.1. The summed E-state index contributed by atoms with van der Waals surface area (Å²) in [6.07, 6.45) is -1.08. The van der Waals surface area contributed by atoms with Gasteiger partial charge in [-0.2, -0.15) is 9.97 Å². The van der Waals surface area contributed by atoms with Crippen molar-refractivity contribution in [3.8, 4) is 45.8 Å². The summed E-state index contributed by atoms with van der Waals surface area (Å²) < 4.78 is 20.8. The molecule has 1 atom stereocenters. The zero-order valence-corrected chi connectivity index (χ0v) is 23.7. The zero-order valence-electron chi connectivity index (χ0n) is 23.7. The highest BCUT2D eigenvalue weighted by atomic mass is 16.6. The van der Waals surface area contributed by atoms with Crippen molar-refractivity contribution in [1.29, 1.82) is 0 Å². The van der Waals surface area contributed by atoms with Crippen LogP contribution in [0.3, 0.4) is 0 Å². The summed E-state index contributed by atoms with van der Waals surface area (Å²) >= 11 is 0. The molecule has 0 saturated heterocycles. The number of nitrogens with zero attached hydrogens (tertiary/aromatic N) is 3. The van der Waals surface area contributed by atoms with E-state index < -0.39 is 25.5 Å². The fourth-order valence-electron chi connectivity index (χ4n) is 3.81. The number of aromatic nitrogens is 3. The van der Waals surface area contributed by atoms with E-state index in [9.17, 15) is 20.1 Å². The number of esters is 1. The molecule has 1 unspecified atom stereocenters. The van der Waals surface area contributed by atoms with Crippen LogP contribution in [0, 0.1) is 0 Å². The molecular formula is C30H32N4O10. The Morgan fingerprint density at radius 1 is 0.841 bits per heavy atom. The van der Waals surface area contributed by atoms with Crippen LogP contribution < -0.4 is 14.8 Å². The molecule has 1 aromatic heterocycles. The molecule has 14 nitrogen and oxygen atoms in total. The number of aliphatic hydroxyl groups is 3. The molecular weight excluding hydrogens is 576 g/mol. The van der Waals surface area contributed by atoms with Crippen LogP contribution in [0.4, 0.5) is 11.6 Å². The third-order valence-corrected chi connectivity index (χ3v) is 5.95.